The fourth-order valence-electron chi connectivity index (χ4n) is 2.24. The highest BCUT2D eigenvalue weighted by molar-refractivity contribution is 5.91. The number of amides is 1. The Bertz CT molecular complexity index is 634. The van der Waals surface area contributed by atoms with Crippen LogP contribution in [-0.2, 0) is 18.3 Å². The molecule has 1 atom stereocenters. The number of nitrogens with zero attached hydrogens (tertiary/aromatic N) is 4. The van der Waals surface area contributed by atoms with Crippen molar-refractivity contribution in [1.82, 2.24) is 24.8 Å². The van der Waals surface area contributed by atoms with Crippen LogP contribution in [0.25, 0.3) is 0 Å². The Morgan fingerprint density at radius 2 is 2.43 bits per heavy atom. The van der Waals surface area contributed by atoms with Gasteiger partial charge in [0.2, 0.25) is 0 Å². The predicted molar refractivity (Wildman–Crippen MR) is 74.3 cm³/mol. The summed E-state index contributed by atoms with van der Waals surface area (Å²) in [7, 11) is 1.82. The van der Waals surface area contributed by atoms with Gasteiger partial charge >= 0.3 is 0 Å². The highest BCUT2D eigenvalue weighted by atomic mass is 16.5. The van der Waals surface area contributed by atoms with Gasteiger partial charge in [-0.1, -0.05) is 0 Å². The average molecular weight is 287 g/mol. The summed E-state index contributed by atoms with van der Waals surface area (Å²) in [5, 5.41) is 2.80. The van der Waals surface area contributed by atoms with Crippen molar-refractivity contribution in [1.29, 1.82) is 0 Å². The van der Waals surface area contributed by atoms with Crippen molar-refractivity contribution in [3.05, 3.63) is 42.0 Å². The molecule has 7 nitrogen and oxygen atoms in total. The first-order valence-electron chi connectivity index (χ1n) is 6.92. The van der Waals surface area contributed by atoms with Crippen molar-refractivity contribution in [3.63, 3.8) is 0 Å². The third-order valence-corrected chi connectivity index (χ3v) is 3.32. The van der Waals surface area contributed by atoms with E-state index in [1.807, 2.05) is 7.05 Å². The second-order valence-corrected chi connectivity index (χ2v) is 5.01. The minimum absolute atomic E-state index is 0.0172. The van der Waals surface area contributed by atoms with Gasteiger partial charge in [0, 0.05) is 26.0 Å². The maximum absolute atomic E-state index is 11.9. The lowest BCUT2D eigenvalue weighted by molar-refractivity contribution is 0.0945. The standard InChI is InChI=1S/C14H17N5O2/c1-19-8-11(17-9-19)14(20)16-7-10-4-5-15-13(18-10)12-3-2-6-21-12/h4-5,8-9,12H,2-3,6-7H2,1H3,(H,16,20)/t12-/m1/s1. The van der Waals surface area contributed by atoms with Gasteiger partial charge in [-0.2, -0.15) is 0 Å². The normalized spacial score (nSPS) is 17.9. The van der Waals surface area contributed by atoms with E-state index in [9.17, 15) is 4.79 Å². The van der Waals surface area contributed by atoms with E-state index in [4.69, 9.17) is 4.74 Å². The van der Waals surface area contributed by atoms with E-state index < -0.39 is 0 Å². The Hall–Kier alpha value is -2.28. The molecule has 2 aromatic rings. The second-order valence-electron chi connectivity index (χ2n) is 5.01. The SMILES string of the molecule is Cn1cnc(C(=O)NCc2ccnc([C@H]3CCCO3)n2)c1. The molecular formula is C14H17N5O2. The van der Waals surface area contributed by atoms with Crippen LogP contribution in [0.4, 0.5) is 0 Å². The molecule has 3 rings (SSSR count). The molecule has 1 fully saturated rings. The average Bonchev–Trinajstić information content (AvgIpc) is 3.16. The second kappa shape index (κ2) is 6.01. The van der Waals surface area contributed by atoms with Crippen LogP contribution < -0.4 is 5.32 Å². The molecule has 2 aromatic heterocycles. The first-order chi connectivity index (χ1) is 10.2. The smallest absolute Gasteiger partial charge is 0.271 e. The quantitative estimate of drug-likeness (QED) is 0.907. The van der Waals surface area contributed by atoms with Crippen molar-refractivity contribution < 1.29 is 9.53 Å². The fraction of sp³-hybridized carbons (Fsp3) is 0.429. The van der Waals surface area contributed by atoms with Crippen LogP contribution in [0.5, 0.6) is 0 Å². The van der Waals surface area contributed by atoms with Gasteiger partial charge in [0.05, 0.1) is 18.6 Å². The number of imidazole rings is 1. The zero-order valence-electron chi connectivity index (χ0n) is 11.8. The molecule has 0 saturated carbocycles. The Morgan fingerprint density at radius 3 is 3.14 bits per heavy atom. The number of hydrogen-bond donors (Lipinski definition) is 1. The Morgan fingerprint density at radius 1 is 1.52 bits per heavy atom. The van der Waals surface area contributed by atoms with Crippen LogP contribution in [0.15, 0.2) is 24.8 Å². The van der Waals surface area contributed by atoms with Crippen molar-refractivity contribution >= 4 is 5.91 Å². The molecule has 0 aliphatic carbocycles. The van der Waals surface area contributed by atoms with Gasteiger partial charge in [-0.05, 0) is 18.9 Å². The maximum atomic E-state index is 11.9. The third-order valence-electron chi connectivity index (χ3n) is 3.32. The summed E-state index contributed by atoms with van der Waals surface area (Å²) < 4.78 is 7.30. The summed E-state index contributed by atoms with van der Waals surface area (Å²) >= 11 is 0. The van der Waals surface area contributed by atoms with E-state index in [0.29, 0.717) is 18.1 Å². The van der Waals surface area contributed by atoms with E-state index in [0.717, 1.165) is 25.1 Å². The molecule has 1 saturated heterocycles. The highest BCUT2D eigenvalue weighted by Gasteiger charge is 2.20. The van der Waals surface area contributed by atoms with Crippen molar-refractivity contribution in [3.8, 4) is 0 Å². The Labute approximate surface area is 122 Å². The van der Waals surface area contributed by atoms with Crippen molar-refractivity contribution in [2.24, 2.45) is 7.05 Å². The van der Waals surface area contributed by atoms with E-state index in [1.165, 1.54) is 0 Å². The number of rotatable bonds is 4. The van der Waals surface area contributed by atoms with Crippen LogP contribution in [0.1, 0.15) is 41.0 Å². The summed E-state index contributed by atoms with van der Waals surface area (Å²) in [5.74, 6) is 0.477. The minimum Gasteiger partial charge on any atom is -0.370 e. The molecule has 0 spiro atoms. The summed E-state index contributed by atoms with van der Waals surface area (Å²) in [5.41, 5.74) is 1.16. The van der Waals surface area contributed by atoms with Gasteiger partial charge in [0.25, 0.3) is 5.91 Å². The first kappa shape index (κ1) is 13.7. The largest absolute Gasteiger partial charge is 0.370 e. The van der Waals surface area contributed by atoms with Gasteiger partial charge in [-0.25, -0.2) is 15.0 Å². The summed E-state index contributed by atoms with van der Waals surface area (Å²) in [6.07, 6.45) is 6.93. The fourth-order valence-corrected chi connectivity index (χ4v) is 2.24. The van der Waals surface area contributed by atoms with Crippen LogP contribution in [0.3, 0.4) is 0 Å². The number of aryl methyl sites for hydroxylation is 1. The summed E-state index contributed by atoms with van der Waals surface area (Å²) in [4.78, 5) is 24.6. The van der Waals surface area contributed by atoms with E-state index in [1.54, 1.807) is 29.4 Å². The van der Waals surface area contributed by atoms with Gasteiger partial charge in [-0.3, -0.25) is 4.79 Å². The monoisotopic (exact) mass is 287 g/mol. The zero-order valence-corrected chi connectivity index (χ0v) is 11.8. The molecule has 1 aliphatic heterocycles. The highest BCUT2D eigenvalue weighted by Crippen LogP contribution is 2.25. The van der Waals surface area contributed by atoms with Gasteiger partial charge in [0.1, 0.15) is 11.8 Å². The lowest BCUT2D eigenvalue weighted by Crippen LogP contribution is -2.24. The molecule has 1 amide bonds. The maximum Gasteiger partial charge on any atom is 0.271 e. The van der Waals surface area contributed by atoms with Crippen molar-refractivity contribution in [2.75, 3.05) is 6.61 Å². The van der Waals surface area contributed by atoms with Crippen LogP contribution in [-0.4, -0.2) is 32.0 Å². The number of carbonyl (C=O) groups excluding carboxylic acids is 1. The van der Waals surface area contributed by atoms with Crippen LogP contribution >= 0.6 is 0 Å². The summed E-state index contributed by atoms with van der Waals surface area (Å²) in [6.45, 7) is 1.10. The summed E-state index contributed by atoms with van der Waals surface area (Å²) in [6, 6.07) is 1.79. The zero-order chi connectivity index (χ0) is 14.7. The molecule has 1 aliphatic rings. The molecule has 0 unspecified atom stereocenters. The topological polar surface area (TPSA) is 81.9 Å². The first-order valence-corrected chi connectivity index (χ1v) is 6.92. The van der Waals surface area contributed by atoms with Crippen LogP contribution in [0, 0.1) is 0 Å². The molecule has 0 radical (unpaired) electrons. The van der Waals surface area contributed by atoms with Gasteiger partial charge in [-0.15, -0.1) is 0 Å². The lowest BCUT2D eigenvalue weighted by Gasteiger charge is -2.09. The van der Waals surface area contributed by atoms with Crippen LogP contribution in [0.2, 0.25) is 0 Å². The molecule has 110 valence electrons. The molecule has 1 N–H and O–H groups in total. The molecular weight excluding hydrogens is 270 g/mol. The number of hydrogen-bond acceptors (Lipinski definition) is 5. The molecule has 7 heteroatoms. The number of ether oxygens (including phenoxy) is 1. The number of carbonyl (C=O) groups is 1. The van der Waals surface area contributed by atoms with E-state index in [-0.39, 0.29) is 12.0 Å². The predicted octanol–water partition coefficient (Wildman–Crippen LogP) is 0.992. The number of nitrogens with one attached hydrogen (secondary N) is 1. The molecule has 0 aromatic carbocycles. The Balaban J connectivity index is 1.62. The van der Waals surface area contributed by atoms with E-state index in [2.05, 4.69) is 20.3 Å². The minimum atomic E-state index is -0.215. The van der Waals surface area contributed by atoms with Crippen molar-refractivity contribution in [2.45, 2.75) is 25.5 Å². The van der Waals surface area contributed by atoms with Gasteiger partial charge < -0.3 is 14.6 Å². The van der Waals surface area contributed by atoms with Gasteiger partial charge in [0.15, 0.2) is 5.82 Å². The molecule has 21 heavy (non-hydrogen) atoms. The Kier molecular flexibility index (Phi) is 3.92. The third kappa shape index (κ3) is 3.25. The lowest BCUT2D eigenvalue weighted by atomic mass is 10.2. The molecule has 3 heterocycles. The molecule has 0 bridgehead atoms. The van der Waals surface area contributed by atoms with E-state index >= 15 is 0 Å². The number of aromatic nitrogens is 4.